The first-order valence-electron chi connectivity index (χ1n) is 3.77. The quantitative estimate of drug-likeness (QED) is 0.370. The van der Waals surface area contributed by atoms with Crippen LogP contribution < -0.4 is 5.32 Å². The number of nitrogens with one attached hydrogen (secondary N) is 1. The lowest BCUT2D eigenvalue weighted by molar-refractivity contribution is 0.688. The van der Waals surface area contributed by atoms with Crippen molar-refractivity contribution in [3.05, 3.63) is 12.2 Å². The Balaban J connectivity index is 3.03. The van der Waals surface area contributed by atoms with E-state index in [1.165, 1.54) is 0 Å². The van der Waals surface area contributed by atoms with Gasteiger partial charge in [-0.05, 0) is 13.3 Å². The summed E-state index contributed by atoms with van der Waals surface area (Å²) in [6.45, 7) is 5.94. The van der Waals surface area contributed by atoms with Crippen LogP contribution in [0.4, 0.5) is 0 Å². The first kappa shape index (κ1) is 9.99. The second-order valence-corrected chi connectivity index (χ2v) is 2.85. The lowest BCUT2D eigenvalue weighted by Crippen LogP contribution is -2.22. The van der Waals surface area contributed by atoms with E-state index in [1.54, 1.807) is 0 Å². The van der Waals surface area contributed by atoms with Gasteiger partial charge in [0.25, 0.3) is 0 Å². The van der Waals surface area contributed by atoms with Crippen molar-refractivity contribution in [2.45, 2.75) is 25.6 Å². The predicted molar refractivity (Wildman–Crippen MR) is 47.6 cm³/mol. The number of alkyl halides is 1. The normalized spacial score (nSPS) is 14.3. The lowest BCUT2D eigenvalue weighted by Gasteiger charge is -2.05. The topological polar surface area (TPSA) is 12.0 Å². The smallest absolute Gasteiger partial charge is 0.0458 e. The molecule has 60 valence electrons. The summed E-state index contributed by atoms with van der Waals surface area (Å²) in [7, 11) is 0. The average molecular weight is 162 g/mol. The molecule has 0 aliphatic heterocycles. The molecule has 0 amide bonds. The summed E-state index contributed by atoms with van der Waals surface area (Å²) in [4.78, 5) is 0. The minimum absolute atomic E-state index is 0.283. The van der Waals surface area contributed by atoms with Gasteiger partial charge >= 0.3 is 0 Å². The molecular weight excluding hydrogens is 146 g/mol. The third-order valence-electron chi connectivity index (χ3n) is 1.31. The van der Waals surface area contributed by atoms with E-state index in [9.17, 15) is 0 Å². The SMILES string of the molecule is C/C=C/CNCC(Cl)CC. The van der Waals surface area contributed by atoms with Gasteiger partial charge in [0.1, 0.15) is 0 Å². The van der Waals surface area contributed by atoms with E-state index in [-0.39, 0.29) is 5.38 Å². The van der Waals surface area contributed by atoms with Gasteiger partial charge in [0, 0.05) is 18.5 Å². The van der Waals surface area contributed by atoms with Gasteiger partial charge in [-0.2, -0.15) is 0 Å². The average Bonchev–Trinajstić information content (AvgIpc) is 1.98. The van der Waals surface area contributed by atoms with Crippen LogP contribution in [0.15, 0.2) is 12.2 Å². The van der Waals surface area contributed by atoms with Gasteiger partial charge in [0.15, 0.2) is 0 Å². The highest BCUT2D eigenvalue weighted by molar-refractivity contribution is 6.20. The molecule has 0 fully saturated rings. The molecule has 0 saturated heterocycles. The van der Waals surface area contributed by atoms with Crippen LogP contribution in [-0.4, -0.2) is 18.5 Å². The largest absolute Gasteiger partial charge is 0.312 e. The van der Waals surface area contributed by atoms with E-state index in [0.29, 0.717) is 0 Å². The predicted octanol–water partition coefficient (Wildman–Crippen LogP) is 2.17. The monoisotopic (exact) mass is 161 g/mol. The van der Waals surface area contributed by atoms with Crippen molar-refractivity contribution in [1.82, 2.24) is 5.32 Å². The van der Waals surface area contributed by atoms with Crippen molar-refractivity contribution in [3.63, 3.8) is 0 Å². The fraction of sp³-hybridized carbons (Fsp3) is 0.750. The number of allylic oxidation sites excluding steroid dienone is 1. The zero-order chi connectivity index (χ0) is 7.82. The molecule has 0 aliphatic rings. The summed E-state index contributed by atoms with van der Waals surface area (Å²) >= 11 is 5.86. The molecule has 0 aliphatic carbocycles. The molecule has 0 aromatic rings. The van der Waals surface area contributed by atoms with E-state index in [2.05, 4.69) is 18.3 Å². The molecular formula is C8H16ClN. The van der Waals surface area contributed by atoms with Crippen LogP contribution in [0.1, 0.15) is 20.3 Å². The minimum Gasteiger partial charge on any atom is -0.312 e. The van der Waals surface area contributed by atoms with Gasteiger partial charge in [-0.25, -0.2) is 0 Å². The van der Waals surface area contributed by atoms with Gasteiger partial charge in [-0.15, -0.1) is 11.6 Å². The molecule has 0 bridgehead atoms. The van der Waals surface area contributed by atoms with Crippen molar-refractivity contribution in [1.29, 1.82) is 0 Å². The minimum atomic E-state index is 0.283. The Labute approximate surface area is 68.5 Å². The van der Waals surface area contributed by atoms with Crippen LogP contribution in [-0.2, 0) is 0 Å². The zero-order valence-corrected chi connectivity index (χ0v) is 7.49. The molecule has 10 heavy (non-hydrogen) atoms. The molecule has 0 radical (unpaired) electrons. The summed E-state index contributed by atoms with van der Waals surface area (Å²) in [5, 5.41) is 3.50. The molecule has 0 heterocycles. The zero-order valence-electron chi connectivity index (χ0n) is 6.73. The Bertz CT molecular complexity index is 91.3. The molecule has 0 spiro atoms. The molecule has 1 nitrogen and oxygen atoms in total. The Kier molecular flexibility index (Phi) is 7.09. The van der Waals surface area contributed by atoms with E-state index in [4.69, 9.17) is 11.6 Å². The van der Waals surface area contributed by atoms with Crippen LogP contribution in [0.5, 0.6) is 0 Å². The van der Waals surface area contributed by atoms with E-state index in [0.717, 1.165) is 19.5 Å². The van der Waals surface area contributed by atoms with Crippen molar-refractivity contribution in [2.24, 2.45) is 0 Å². The van der Waals surface area contributed by atoms with E-state index < -0.39 is 0 Å². The molecule has 2 heteroatoms. The summed E-state index contributed by atoms with van der Waals surface area (Å²) < 4.78 is 0. The Hall–Kier alpha value is -0.0100. The number of hydrogen-bond donors (Lipinski definition) is 1. The van der Waals surface area contributed by atoms with Crippen LogP contribution >= 0.6 is 11.6 Å². The fourth-order valence-corrected chi connectivity index (χ4v) is 0.695. The van der Waals surface area contributed by atoms with Gasteiger partial charge in [-0.3, -0.25) is 0 Å². The van der Waals surface area contributed by atoms with E-state index in [1.807, 2.05) is 13.0 Å². The summed E-state index contributed by atoms with van der Waals surface area (Å²) in [6, 6.07) is 0. The Morgan fingerprint density at radius 2 is 2.30 bits per heavy atom. The number of halogens is 1. The maximum atomic E-state index is 5.86. The summed E-state index contributed by atoms with van der Waals surface area (Å²) in [5.74, 6) is 0. The van der Waals surface area contributed by atoms with Crippen molar-refractivity contribution in [2.75, 3.05) is 13.1 Å². The van der Waals surface area contributed by atoms with Crippen molar-refractivity contribution >= 4 is 11.6 Å². The second-order valence-electron chi connectivity index (χ2n) is 2.23. The van der Waals surface area contributed by atoms with Gasteiger partial charge < -0.3 is 5.32 Å². The molecule has 0 rings (SSSR count). The lowest BCUT2D eigenvalue weighted by atomic mass is 10.3. The van der Waals surface area contributed by atoms with Crippen LogP contribution in [0.3, 0.4) is 0 Å². The van der Waals surface area contributed by atoms with Gasteiger partial charge in [-0.1, -0.05) is 19.1 Å². The first-order valence-corrected chi connectivity index (χ1v) is 4.20. The van der Waals surface area contributed by atoms with Crippen molar-refractivity contribution in [3.8, 4) is 0 Å². The van der Waals surface area contributed by atoms with E-state index >= 15 is 0 Å². The maximum Gasteiger partial charge on any atom is 0.0458 e. The van der Waals surface area contributed by atoms with Gasteiger partial charge in [0.2, 0.25) is 0 Å². The molecule has 1 atom stereocenters. The van der Waals surface area contributed by atoms with Crippen LogP contribution in [0, 0.1) is 0 Å². The Morgan fingerprint density at radius 3 is 2.80 bits per heavy atom. The second kappa shape index (κ2) is 7.10. The van der Waals surface area contributed by atoms with Crippen LogP contribution in [0.25, 0.3) is 0 Å². The third-order valence-corrected chi connectivity index (χ3v) is 1.77. The molecule has 0 saturated carbocycles. The molecule has 1 N–H and O–H groups in total. The first-order chi connectivity index (χ1) is 4.81. The number of rotatable bonds is 5. The summed E-state index contributed by atoms with van der Waals surface area (Å²) in [6.07, 6.45) is 5.14. The maximum absolute atomic E-state index is 5.86. The highest BCUT2D eigenvalue weighted by Gasteiger charge is 1.96. The standard InChI is InChI=1S/C8H16ClN/c1-3-5-6-10-7-8(9)4-2/h3,5,8,10H,4,6-7H2,1-2H3/b5-3+. The Morgan fingerprint density at radius 1 is 1.60 bits per heavy atom. The summed E-state index contributed by atoms with van der Waals surface area (Å²) in [5.41, 5.74) is 0. The third kappa shape index (κ3) is 6.12. The molecule has 0 aromatic carbocycles. The molecule has 1 unspecified atom stereocenters. The molecule has 0 aromatic heterocycles. The fourth-order valence-electron chi connectivity index (χ4n) is 0.585. The highest BCUT2D eigenvalue weighted by atomic mass is 35.5. The van der Waals surface area contributed by atoms with Gasteiger partial charge in [0.05, 0.1) is 0 Å². The van der Waals surface area contributed by atoms with Crippen molar-refractivity contribution < 1.29 is 0 Å². The highest BCUT2D eigenvalue weighted by Crippen LogP contribution is 1.97. The number of hydrogen-bond acceptors (Lipinski definition) is 1. The van der Waals surface area contributed by atoms with Crippen LogP contribution in [0.2, 0.25) is 0 Å².